The second-order valence-corrected chi connectivity index (χ2v) is 5.89. The maximum atomic E-state index is 12.6. The highest BCUT2D eigenvalue weighted by molar-refractivity contribution is 6.00. The molecule has 0 aliphatic carbocycles. The molecule has 120 valence electrons. The molecule has 1 atom stereocenters. The Morgan fingerprint density at radius 3 is 2.68 bits per heavy atom. The van der Waals surface area contributed by atoms with E-state index in [0.717, 1.165) is 19.3 Å². The molecule has 22 heavy (non-hydrogen) atoms. The van der Waals surface area contributed by atoms with E-state index in [-0.39, 0.29) is 17.5 Å². The Hall–Kier alpha value is -2.11. The largest absolute Gasteiger partial charge is 0.478 e. The first-order valence-corrected chi connectivity index (χ1v) is 7.72. The number of ether oxygens (including phenoxy) is 1. The van der Waals surface area contributed by atoms with Gasteiger partial charge in [-0.25, -0.2) is 0 Å². The maximum absolute atomic E-state index is 12.6. The van der Waals surface area contributed by atoms with Gasteiger partial charge >= 0.3 is 0 Å². The van der Waals surface area contributed by atoms with Gasteiger partial charge in [-0.2, -0.15) is 0 Å². The average molecular weight is 306 g/mol. The van der Waals surface area contributed by atoms with Gasteiger partial charge in [0, 0.05) is 12.6 Å². The molecule has 0 aromatic heterocycles. The Morgan fingerprint density at radius 2 is 2.09 bits per heavy atom. The van der Waals surface area contributed by atoms with E-state index in [1.807, 2.05) is 13.8 Å². The highest BCUT2D eigenvalue weighted by Crippen LogP contribution is 2.38. The van der Waals surface area contributed by atoms with Crippen LogP contribution < -0.4 is 9.64 Å². The van der Waals surface area contributed by atoms with E-state index in [0.29, 0.717) is 18.0 Å². The molecule has 0 N–H and O–H groups in total. The van der Waals surface area contributed by atoms with Gasteiger partial charge in [0.05, 0.1) is 16.7 Å². The number of amides is 1. The monoisotopic (exact) mass is 306 g/mol. The van der Waals surface area contributed by atoms with E-state index in [2.05, 4.69) is 6.92 Å². The number of unbranched alkanes of at least 4 members (excludes halogenated alkanes) is 2. The predicted molar refractivity (Wildman–Crippen MR) is 84.2 cm³/mol. The molecular weight excluding hydrogens is 284 g/mol. The molecule has 0 bridgehead atoms. The van der Waals surface area contributed by atoms with Crippen molar-refractivity contribution in [2.75, 3.05) is 11.4 Å². The van der Waals surface area contributed by atoms with Gasteiger partial charge in [0.25, 0.3) is 11.6 Å². The Balaban J connectivity index is 2.36. The van der Waals surface area contributed by atoms with Crippen molar-refractivity contribution in [3.05, 3.63) is 28.3 Å². The first kappa shape index (κ1) is 16.3. The minimum Gasteiger partial charge on any atom is -0.478 e. The molecule has 0 fully saturated rings. The zero-order valence-electron chi connectivity index (χ0n) is 13.2. The van der Waals surface area contributed by atoms with E-state index in [9.17, 15) is 14.9 Å². The number of anilines is 1. The lowest BCUT2D eigenvalue weighted by Crippen LogP contribution is -2.48. The van der Waals surface area contributed by atoms with Gasteiger partial charge in [0.1, 0.15) is 0 Å². The normalized spacial score (nSPS) is 17.4. The molecule has 1 aromatic rings. The van der Waals surface area contributed by atoms with E-state index >= 15 is 0 Å². The van der Waals surface area contributed by atoms with Crippen LogP contribution in [-0.4, -0.2) is 23.5 Å². The van der Waals surface area contributed by atoms with Gasteiger partial charge in [-0.3, -0.25) is 14.9 Å². The van der Waals surface area contributed by atoms with Gasteiger partial charge < -0.3 is 9.64 Å². The van der Waals surface area contributed by atoms with Crippen molar-refractivity contribution in [2.24, 2.45) is 5.92 Å². The molecule has 1 unspecified atom stereocenters. The zero-order chi connectivity index (χ0) is 16.3. The molecule has 0 radical (unpaired) electrons. The lowest BCUT2D eigenvalue weighted by Gasteiger charge is -2.35. The van der Waals surface area contributed by atoms with Crippen LogP contribution >= 0.6 is 0 Å². The third-order valence-electron chi connectivity index (χ3n) is 3.80. The van der Waals surface area contributed by atoms with E-state index in [1.54, 1.807) is 11.0 Å². The van der Waals surface area contributed by atoms with Crippen LogP contribution in [0.4, 0.5) is 11.4 Å². The number of benzene rings is 1. The molecule has 6 heteroatoms. The fourth-order valence-corrected chi connectivity index (χ4v) is 2.57. The summed E-state index contributed by atoms with van der Waals surface area (Å²) in [5.41, 5.74) is 0.604. The number of nitro benzene ring substituents is 1. The molecule has 1 aromatic carbocycles. The van der Waals surface area contributed by atoms with Crippen molar-refractivity contribution in [1.82, 2.24) is 0 Å². The fourth-order valence-electron chi connectivity index (χ4n) is 2.57. The summed E-state index contributed by atoms with van der Waals surface area (Å²) in [4.78, 5) is 24.8. The summed E-state index contributed by atoms with van der Waals surface area (Å²) in [7, 11) is 0. The van der Waals surface area contributed by atoms with E-state index in [4.69, 9.17) is 4.74 Å². The number of fused-ring (bicyclic) bond motifs is 1. The van der Waals surface area contributed by atoms with Gasteiger partial charge in [-0.1, -0.05) is 33.6 Å². The summed E-state index contributed by atoms with van der Waals surface area (Å²) < 4.78 is 5.74. The minimum atomic E-state index is -0.587. The fraction of sp³-hybridized carbons (Fsp3) is 0.562. The highest BCUT2D eigenvalue weighted by Gasteiger charge is 2.36. The second kappa shape index (κ2) is 6.77. The standard InChI is InChI=1S/C16H22N2O4/c1-4-5-6-9-17-13-8-7-12(18(20)21)10-14(13)22-15(11(2)3)16(17)19/h7-8,10-11,15H,4-6,9H2,1-3H3. The van der Waals surface area contributed by atoms with Gasteiger partial charge in [-0.15, -0.1) is 0 Å². The topological polar surface area (TPSA) is 72.7 Å². The van der Waals surface area contributed by atoms with Crippen molar-refractivity contribution in [2.45, 2.75) is 46.1 Å². The number of nitrogens with zero attached hydrogens (tertiary/aromatic N) is 2. The number of non-ortho nitro benzene ring substituents is 1. The first-order valence-electron chi connectivity index (χ1n) is 7.72. The molecule has 6 nitrogen and oxygen atoms in total. The minimum absolute atomic E-state index is 0.00795. The van der Waals surface area contributed by atoms with Crippen LogP contribution in [0.15, 0.2) is 18.2 Å². The van der Waals surface area contributed by atoms with E-state index in [1.165, 1.54) is 12.1 Å². The number of hydrogen-bond donors (Lipinski definition) is 0. The lowest BCUT2D eigenvalue weighted by molar-refractivity contribution is -0.384. The molecule has 1 amide bonds. The summed E-state index contributed by atoms with van der Waals surface area (Å²) in [6.45, 7) is 6.55. The summed E-state index contributed by atoms with van der Waals surface area (Å²) in [6.07, 6.45) is 2.43. The number of hydrogen-bond acceptors (Lipinski definition) is 4. The SMILES string of the molecule is CCCCCN1C(=O)C(C(C)C)Oc2cc([N+](=O)[O-])ccc21. The number of nitro groups is 1. The first-order chi connectivity index (χ1) is 10.5. The third-order valence-corrected chi connectivity index (χ3v) is 3.80. The maximum Gasteiger partial charge on any atom is 0.273 e. The lowest BCUT2D eigenvalue weighted by atomic mass is 10.0. The van der Waals surface area contributed by atoms with Crippen molar-refractivity contribution < 1.29 is 14.5 Å². The number of carbonyl (C=O) groups excluding carboxylic acids is 1. The number of rotatable bonds is 6. The van der Waals surface area contributed by atoms with Crippen LogP contribution in [0.3, 0.4) is 0 Å². The van der Waals surface area contributed by atoms with Crippen molar-refractivity contribution in [1.29, 1.82) is 0 Å². The molecule has 2 rings (SSSR count). The van der Waals surface area contributed by atoms with Crippen molar-refractivity contribution in [3.63, 3.8) is 0 Å². The Kier molecular flexibility index (Phi) is 5.00. The van der Waals surface area contributed by atoms with Crippen LogP contribution in [0.25, 0.3) is 0 Å². The molecule has 1 aliphatic rings. The Bertz CT molecular complexity index is 571. The van der Waals surface area contributed by atoms with Gasteiger partial charge in [0.15, 0.2) is 11.9 Å². The third kappa shape index (κ3) is 3.21. The highest BCUT2D eigenvalue weighted by atomic mass is 16.6. The quantitative estimate of drug-likeness (QED) is 0.458. The van der Waals surface area contributed by atoms with Gasteiger partial charge in [0.2, 0.25) is 0 Å². The van der Waals surface area contributed by atoms with Crippen LogP contribution in [0, 0.1) is 16.0 Å². The van der Waals surface area contributed by atoms with Crippen LogP contribution in [0.1, 0.15) is 40.0 Å². The van der Waals surface area contributed by atoms with Crippen molar-refractivity contribution >= 4 is 17.3 Å². The second-order valence-electron chi connectivity index (χ2n) is 5.89. The van der Waals surface area contributed by atoms with E-state index < -0.39 is 11.0 Å². The van der Waals surface area contributed by atoms with Crippen molar-refractivity contribution in [3.8, 4) is 5.75 Å². The van der Waals surface area contributed by atoms with Gasteiger partial charge in [-0.05, 0) is 18.4 Å². The smallest absolute Gasteiger partial charge is 0.273 e. The molecule has 0 spiro atoms. The van der Waals surface area contributed by atoms with Crippen LogP contribution in [0.5, 0.6) is 5.75 Å². The van der Waals surface area contributed by atoms with Crippen LogP contribution in [-0.2, 0) is 4.79 Å². The summed E-state index contributed by atoms with van der Waals surface area (Å²) in [5, 5.41) is 10.9. The number of carbonyl (C=O) groups is 1. The summed E-state index contributed by atoms with van der Waals surface area (Å²) in [5.74, 6) is 0.366. The molecule has 1 heterocycles. The Labute approximate surface area is 130 Å². The predicted octanol–water partition coefficient (Wildman–Crippen LogP) is 3.54. The molecule has 1 aliphatic heterocycles. The van der Waals surface area contributed by atoms with Crippen LogP contribution in [0.2, 0.25) is 0 Å². The summed E-state index contributed by atoms with van der Waals surface area (Å²) >= 11 is 0. The average Bonchev–Trinajstić information content (AvgIpc) is 2.48. The molecule has 0 saturated heterocycles. The zero-order valence-corrected chi connectivity index (χ0v) is 13.2. The molecule has 0 saturated carbocycles. The summed E-state index contributed by atoms with van der Waals surface area (Å²) in [6, 6.07) is 4.43. The Morgan fingerprint density at radius 1 is 1.36 bits per heavy atom. The molecular formula is C16H22N2O4.